The number of aromatic carboxylic acids is 1. The summed E-state index contributed by atoms with van der Waals surface area (Å²) < 4.78 is 0. The van der Waals surface area contributed by atoms with Crippen LogP contribution in [0.5, 0.6) is 0 Å². The molecule has 0 atom stereocenters. The van der Waals surface area contributed by atoms with E-state index in [1.807, 2.05) is 24.3 Å². The number of hydrogen-bond donors (Lipinski definition) is 2. The van der Waals surface area contributed by atoms with Gasteiger partial charge in [-0.25, -0.2) is 9.78 Å². The van der Waals surface area contributed by atoms with Gasteiger partial charge in [-0.15, -0.1) is 0 Å². The molecule has 1 aromatic heterocycles. The van der Waals surface area contributed by atoms with Crippen LogP contribution in [0.3, 0.4) is 0 Å². The monoisotopic (exact) mass is 304 g/mol. The Labute approximate surface area is 128 Å². The standard InChI is InChI=1S/C16H17ClN2O2/c1-16(2,3)11-4-6-12(7-5-11)19-14-13(17)8-10(9-18-14)15(20)21/h4-9H,1-3H3,(H,18,19)(H,20,21). The van der Waals surface area contributed by atoms with Gasteiger partial charge in [0.15, 0.2) is 0 Å². The number of hydrogen-bond acceptors (Lipinski definition) is 3. The number of rotatable bonds is 3. The minimum atomic E-state index is -1.05. The summed E-state index contributed by atoms with van der Waals surface area (Å²) in [5.74, 6) is -0.615. The molecule has 0 unspecified atom stereocenters. The molecule has 0 saturated heterocycles. The van der Waals surface area contributed by atoms with Crippen LogP contribution in [-0.2, 0) is 5.41 Å². The van der Waals surface area contributed by atoms with Gasteiger partial charge >= 0.3 is 5.97 Å². The molecule has 21 heavy (non-hydrogen) atoms. The second kappa shape index (κ2) is 5.74. The molecule has 5 heteroatoms. The van der Waals surface area contributed by atoms with Crippen molar-refractivity contribution in [2.75, 3.05) is 5.32 Å². The minimum absolute atomic E-state index is 0.0635. The molecule has 0 amide bonds. The molecule has 0 bridgehead atoms. The number of halogens is 1. The fraction of sp³-hybridized carbons (Fsp3) is 0.250. The quantitative estimate of drug-likeness (QED) is 0.878. The predicted octanol–water partition coefficient (Wildman–Crippen LogP) is 4.47. The van der Waals surface area contributed by atoms with E-state index in [1.54, 1.807) is 0 Å². The summed E-state index contributed by atoms with van der Waals surface area (Å²) in [5, 5.41) is 12.2. The average molecular weight is 305 g/mol. The molecular weight excluding hydrogens is 288 g/mol. The zero-order valence-electron chi connectivity index (χ0n) is 12.1. The summed E-state index contributed by atoms with van der Waals surface area (Å²) in [7, 11) is 0. The molecule has 2 N–H and O–H groups in total. The van der Waals surface area contributed by atoms with Crippen molar-refractivity contribution in [2.24, 2.45) is 0 Å². The van der Waals surface area contributed by atoms with E-state index >= 15 is 0 Å². The first-order valence-corrected chi connectivity index (χ1v) is 6.91. The van der Waals surface area contributed by atoms with Crippen molar-refractivity contribution < 1.29 is 9.90 Å². The van der Waals surface area contributed by atoms with Crippen LogP contribution < -0.4 is 5.32 Å². The Morgan fingerprint density at radius 1 is 1.24 bits per heavy atom. The molecule has 0 aliphatic rings. The molecule has 0 spiro atoms. The number of pyridine rings is 1. The maximum Gasteiger partial charge on any atom is 0.337 e. The lowest BCUT2D eigenvalue weighted by atomic mass is 9.87. The predicted molar refractivity (Wildman–Crippen MR) is 84.6 cm³/mol. The minimum Gasteiger partial charge on any atom is -0.478 e. The van der Waals surface area contributed by atoms with E-state index in [0.717, 1.165) is 5.69 Å². The first-order valence-electron chi connectivity index (χ1n) is 6.54. The van der Waals surface area contributed by atoms with Crippen LogP contribution in [0.2, 0.25) is 5.02 Å². The summed E-state index contributed by atoms with van der Waals surface area (Å²) in [6.07, 6.45) is 1.28. The topological polar surface area (TPSA) is 62.2 Å². The molecule has 0 fully saturated rings. The Morgan fingerprint density at radius 2 is 1.86 bits per heavy atom. The van der Waals surface area contributed by atoms with E-state index in [4.69, 9.17) is 16.7 Å². The molecule has 0 saturated carbocycles. The number of nitrogens with one attached hydrogen (secondary N) is 1. The van der Waals surface area contributed by atoms with Crippen molar-refractivity contribution in [3.05, 3.63) is 52.7 Å². The van der Waals surface area contributed by atoms with Crippen LogP contribution in [0.1, 0.15) is 36.7 Å². The lowest BCUT2D eigenvalue weighted by Gasteiger charge is -2.19. The number of carbonyl (C=O) groups is 1. The fourth-order valence-electron chi connectivity index (χ4n) is 1.84. The van der Waals surface area contributed by atoms with Crippen LogP contribution in [0.15, 0.2) is 36.5 Å². The summed E-state index contributed by atoms with van der Waals surface area (Å²) in [6.45, 7) is 6.45. The van der Waals surface area contributed by atoms with Gasteiger partial charge < -0.3 is 10.4 Å². The Kier molecular flexibility index (Phi) is 4.19. The average Bonchev–Trinajstić information content (AvgIpc) is 2.40. The highest BCUT2D eigenvalue weighted by Gasteiger charge is 2.13. The summed E-state index contributed by atoms with van der Waals surface area (Å²) in [6, 6.07) is 9.36. The van der Waals surface area contributed by atoms with Crippen LogP contribution >= 0.6 is 11.6 Å². The summed E-state index contributed by atoms with van der Waals surface area (Å²) in [5.41, 5.74) is 2.24. The van der Waals surface area contributed by atoms with E-state index in [1.165, 1.54) is 17.8 Å². The number of carboxylic acids is 1. The number of anilines is 2. The van der Waals surface area contributed by atoms with Gasteiger partial charge in [0.2, 0.25) is 0 Å². The van der Waals surface area contributed by atoms with Gasteiger partial charge in [-0.1, -0.05) is 44.5 Å². The molecule has 0 radical (unpaired) electrons. The second-order valence-corrected chi connectivity index (χ2v) is 6.22. The van der Waals surface area contributed by atoms with Crippen molar-refractivity contribution in [2.45, 2.75) is 26.2 Å². The van der Waals surface area contributed by atoms with Gasteiger partial charge in [0.05, 0.1) is 10.6 Å². The number of nitrogens with zero attached hydrogens (tertiary/aromatic N) is 1. The number of aromatic nitrogens is 1. The molecule has 110 valence electrons. The third kappa shape index (κ3) is 3.73. The van der Waals surface area contributed by atoms with Gasteiger partial charge in [-0.05, 0) is 29.2 Å². The number of carboxylic acid groups (broad SMARTS) is 1. The molecular formula is C16H17ClN2O2. The van der Waals surface area contributed by atoms with E-state index in [2.05, 4.69) is 31.1 Å². The fourth-order valence-corrected chi connectivity index (χ4v) is 2.05. The third-order valence-corrected chi connectivity index (χ3v) is 3.39. The zero-order chi connectivity index (χ0) is 15.6. The smallest absolute Gasteiger partial charge is 0.337 e. The number of benzene rings is 1. The second-order valence-electron chi connectivity index (χ2n) is 5.81. The van der Waals surface area contributed by atoms with Gasteiger partial charge in [-0.3, -0.25) is 0 Å². The maximum atomic E-state index is 10.8. The van der Waals surface area contributed by atoms with Crippen molar-refractivity contribution in [3.63, 3.8) is 0 Å². The molecule has 4 nitrogen and oxygen atoms in total. The first kappa shape index (κ1) is 15.3. The normalized spacial score (nSPS) is 11.2. The van der Waals surface area contributed by atoms with Crippen LogP contribution in [0.4, 0.5) is 11.5 Å². The third-order valence-electron chi connectivity index (χ3n) is 3.10. The summed E-state index contributed by atoms with van der Waals surface area (Å²) in [4.78, 5) is 14.9. The molecule has 2 aromatic rings. The summed E-state index contributed by atoms with van der Waals surface area (Å²) >= 11 is 6.04. The Hall–Kier alpha value is -2.07. The zero-order valence-corrected chi connectivity index (χ0v) is 12.9. The largest absolute Gasteiger partial charge is 0.478 e. The Balaban J connectivity index is 2.20. The molecule has 1 heterocycles. The van der Waals surface area contributed by atoms with Crippen molar-refractivity contribution in [1.29, 1.82) is 0 Å². The van der Waals surface area contributed by atoms with Crippen LogP contribution in [-0.4, -0.2) is 16.1 Å². The van der Waals surface area contributed by atoms with Gasteiger partial charge in [0, 0.05) is 11.9 Å². The van der Waals surface area contributed by atoms with E-state index in [0.29, 0.717) is 5.82 Å². The lowest BCUT2D eigenvalue weighted by molar-refractivity contribution is 0.0696. The van der Waals surface area contributed by atoms with Gasteiger partial charge in [0.25, 0.3) is 0 Å². The first-order chi connectivity index (χ1) is 9.77. The SMILES string of the molecule is CC(C)(C)c1ccc(Nc2ncc(C(=O)O)cc2Cl)cc1. The highest BCUT2D eigenvalue weighted by molar-refractivity contribution is 6.33. The lowest BCUT2D eigenvalue weighted by Crippen LogP contribution is -2.10. The molecule has 0 aliphatic carbocycles. The Morgan fingerprint density at radius 3 is 2.33 bits per heavy atom. The van der Waals surface area contributed by atoms with Gasteiger partial charge in [0.1, 0.15) is 5.82 Å². The van der Waals surface area contributed by atoms with E-state index < -0.39 is 5.97 Å². The van der Waals surface area contributed by atoms with E-state index in [-0.39, 0.29) is 16.0 Å². The van der Waals surface area contributed by atoms with Crippen LogP contribution in [0.25, 0.3) is 0 Å². The highest BCUT2D eigenvalue weighted by atomic mass is 35.5. The van der Waals surface area contributed by atoms with Crippen LogP contribution in [0, 0.1) is 0 Å². The van der Waals surface area contributed by atoms with Crippen molar-refractivity contribution >= 4 is 29.1 Å². The highest BCUT2D eigenvalue weighted by Crippen LogP contribution is 2.27. The molecule has 0 aliphatic heterocycles. The molecule has 2 rings (SSSR count). The van der Waals surface area contributed by atoms with Gasteiger partial charge in [-0.2, -0.15) is 0 Å². The van der Waals surface area contributed by atoms with E-state index in [9.17, 15) is 4.79 Å². The van der Waals surface area contributed by atoms with Crippen molar-refractivity contribution in [3.8, 4) is 0 Å². The van der Waals surface area contributed by atoms with Crippen molar-refractivity contribution in [1.82, 2.24) is 4.98 Å². The molecule has 1 aromatic carbocycles. The maximum absolute atomic E-state index is 10.8. The Bertz CT molecular complexity index is 661.